The molecule has 1 unspecified atom stereocenters. The summed E-state index contributed by atoms with van der Waals surface area (Å²) in [6, 6.07) is 9.84. The number of ether oxygens (including phenoxy) is 1. The number of methoxy groups -OCH3 is 1. The Labute approximate surface area is 115 Å². The molecule has 4 heteroatoms. The summed E-state index contributed by atoms with van der Waals surface area (Å²) in [5.41, 5.74) is 1.07. The van der Waals surface area contributed by atoms with Gasteiger partial charge in [-0.1, -0.05) is 25.1 Å². The van der Waals surface area contributed by atoms with Gasteiger partial charge in [0.2, 0.25) is 0 Å². The lowest BCUT2D eigenvalue weighted by molar-refractivity contribution is 0.393. The highest BCUT2D eigenvalue weighted by Gasteiger charge is 2.22. The SMILES string of the molecule is CCNC(c1ccccc1OC)c1occc1Br. The lowest BCUT2D eigenvalue weighted by Crippen LogP contribution is -2.22. The van der Waals surface area contributed by atoms with Crippen molar-refractivity contribution in [2.24, 2.45) is 0 Å². The van der Waals surface area contributed by atoms with Crippen molar-refractivity contribution >= 4 is 15.9 Å². The van der Waals surface area contributed by atoms with E-state index in [4.69, 9.17) is 9.15 Å². The number of hydrogen-bond donors (Lipinski definition) is 1. The fourth-order valence-electron chi connectivity index (χ4n) is 1.96. The lowest BCUT2D eigenvalue weighted by Gasteiger charge is -2.19. The minimum absolute atomic E-state index is 0.0180. The van der Waals surface area contributed by atoms with E-state index in [9.17, 15) is 0 Å². The van der Waals surface area contributed by atoms with Gasteiger partial charge in [0.05, 0.1) is 23.9 Å². The molecular weight excluding hydrogens is 294 g/mol. The van der Waals surface area contributed by atoms with Crippen molar-refractivity contribution in [2.75, 3.05) is 13.7 Å². The van der Waals surface area contributed by atoms with Crippen molar-refractivity contribution in [3.63, 3.8) is 0 Å². The number of hydrogen-bond acceptors (Lipinski definition) is 3. The van der Waals surface area contributed by atoms with Crippen LogP contribution in [0.15, 0.2) is 45.5 Å². The Morgan fingerprint density at radius 1 is 1.33 bits per heavy atom. The Bertz CT molecular complexity index is 510. The molecule has 18 heavy (non-hydrogen) atoms. The molecule has 0 saturated heterocycles. The number of rotatable bonds is 5. The van der Waals surface area contributed by atoms with Crippen LogP contribution in [0.25, 0.3) is 0 Å². The maximum Gasteiger partial charge on any atom is 0.139 e. The van der Waals surface area contributed by atoms with Gasteiger partial charge in [0, 0.05) is 5.56 Å². The van der Waals surface area contributed by atoms with Crippen LogP contribution in [0.1, 0.15) is 24.3 Å². The van der Waals surface area contributed by atoms with Crippen molar-refractivity contribution in [1.29, 1.82) is 0 Å². The summed E-state index contributed by atoms with van der Waals surface area (Å²) in [6.07, 6.45) is 1.68. The lowest BCUT2D eigenvalue weighted by atomic mass is 10.0. The van der Waals surface area contributed by atoms with Crippen LogP contribution in [0.2, 0.25) is 0 Å². The number of nitrogens with one attached hydrogen (secondary N) is 1. The molecule has 0 radical (unpaired) electrons. The summed E-state index contributed by atoms with van der Waals surface area (Å²) < 4.78 is 11.9. The van der Waals surface area contributed by atoms with Gasteiger partial charge in [-0.15, -0.1) is 0 Å². The quantitative estimate of drug-likeness (QED) is 0.913. The molecule has 0 bridgehead atoms. The van der Waals surface area contributed by atoms with Gasteiger partial charge in [-0.25, -0.2) is 0 Å². The third-order valence-corrected chi connectivity index (χ3v) is 3.42. The Hall–Kier alpha value is -1.26. The van der Waals surface area contributed by atoms with E-state index in [1.165, 1.54) is 0 Å². The molecule has 3 nitrogen and oxygen atoms in total. The van der Waals surface area contributed by atoms with Crippen LogP contribution < -0.4 is 10.1 Å². The first-order valence-electron chi connectivity index (χ1n) is 5.87. The summed E-state index contributed by atoms with van der Waals surface area (Å²) in [4.78, 5) is 0. The molecule has 0 saturated carbocycles. The van der Waals surface area contributed by atoms with Gasteiger partial charge >= 0.3 is 0 Å². The van der Waals surface area contributed by atoms with Crippen LogP contribution in [0.3, 0.4) is 0 Å². The molecule has 0 aliphatic carbocycles. The van der Waals surface area contributed by atoms with E-state index in [0.29, 0.717) is 0 Å². The Balaban J connectivity index is 2.45. The largest absolute Gasteiger partial charge is 0.496 e. The first-order chi connectivity index (χ1) is 8.77. The highest BCUT2D eigenvalue weighted by atomic mass is 79.9. The van der Waals surface area contributed by atoms with Crippen LogP contribution in [0.4, 0.5) is 0 Å². The Kier molecular flexibility index (Phi) is 4.44. The van der Waals surface area contributed by atoms with E-state index < -0.39 is 0 Å². The van der Waals surface area contributed by atoms with Gasteiger partial charge in [-0.3, -0.25) is 0 Å². The van der Waals surface area contributed by atoms with E-state index in [1.54, 1.807) is 13.4 Å². The molecule has 1 aromatic heterocycles. The third kappa shape index (κ3) is 2.60. The first-order valence-corrected chi connectivity index (χ1v) is 6.66. The van der Waals surface area contributed by atoms with Crippen molar-refractivity contribution < 1.29 is 9.15 Å². The molecule has 1 atom stereocenters. The second-order valence-corrected chi connectivity index (χ2v) is 4.72. The number of furan rings is 1. The molecular formula is C14H16BrNO2. The van der Waals surface area contributed by atoms with Gasteiger partial charge in [-0.2, -0.15) is 0 Å². The summed E-state index contributed by atoms with van der Waals surface area (Å²) in [7, 11) is 1.68. The van der Waals surface area contributed by atoms with Crippen molar-refractivity contribution in [3.8, 4) is 5.75 Å². The second-order valence-electron chi connectivity index (χ2n) is 3.87. The highest BCUT2D eigenvalue weighted by Crippen LogP contribution is 2.34. The Morgan fingerprint density at radius 2 is 2.11 bits per heavy atom. The Morgan fingerprint density at radius 3 is 2.72 bits per heavy atom. The summed E-state index contributed by atoms with van der Waals surface area (Å²) >= 11 is 3.51. The van der Waals surface area contributed by atoms with Gasteiger partial charge < -0.3 is 14.5 Å². The van der Waals surface area contributed by atoms with Gasteiger partial charge in [0.15, 0.2) is 0 Å². The van der Waals surface area contributed by atoms with Crippen molar-refractivity contribution in [3.05, 3.63) is 52.4 Å². The zero-order chi connectivity index (χ0) is 13.0. The maximum atomic E-state index is 5.57. The van der Waals surface area contributed by atoms with Crippen LogP contribution in [-0.4, -0.2) is 13.7 Å². The molecule has 96 valence electrons. The maximum absolute atomic E-state index is 5.57. The molecule has 2 aromatic rings. The normalized spacial score (nSPS) is 12.4. The van der Waals surface area contributed by atoms with Crippen LogP contribution in [0, 0.1) is 0 Å². The van der Waals surface area contributed by atoms with Gasteiger partial charge in [0.25, 0.3) is 0 Å². The minimum Gasteiger partial charge on any atom is -0.496 e. The molecule has 0 fully saturated rings. The average molecular weight is 310 g/mol. The molecule has 2 rings (SSSR count). The number of halogens is 1. The highest BCUT2D eigenvalue weighted by molar-refractivity contribution is 9.10. The van der Waals surface area contributed by atoms with Gasteiger partial charge in [0.1, 0.15) is 11.5 Å². The molecule has 1 heterocycles. The third-order valence-electron chi connectivity index (χ3n) is 2.77. The predicted molar refractivity (Wildman–Crippen MR) is 74.9 cm³/mol. The molecule has 0 aliphatic heterocycles. The average Bonchev–Trinajstić information content (AvgIpc) is 2.82. The zero-order valence-corrected chi connectivity index (χ0v) is 12.0. The number of benzene rings is 1. The fourth-order valence-corrected chi connectivity index (χ4v) is 2.39. The molecule has 0 aliphatic rings. The van der Waals surface area contributed by atoms with E-state index in [-0.39, 0.29) is 6.04 Å². The second kappa shape index (κ2) is 6.07. The summed E-state index contributed by atoms with van der Waals surface area (Å²) in [5.74, 6) is 1.72. The minimum atomic E-state index is -0.0180. The van der Waals surface area contributed by atoms with E-state index in [2.05, 4.69) is 28.2 Å². The first kappa shape index (κ1) is 13.2. The van der Waals surface area contributed by atoms with Crippen LogP contribution in [0.5, 0.6) is 5.75 Å². The van der Waals surface area contributed by atoms with E-state index in [1.807, 2.05) is 30.3 Å². The molecule has 1 N–H and O–H groups in total. The van der Waals surface area contributed by atoms with Crippen molar-refractivity contribution in [2.45, 2.75) is 13.0 Å². The smallest absolute Gasteiger partial charge is 0.139 e. The summed E-state index contributed by atoms with van der Waals surface area (Å²) in [6.45, 7) is 2.91. The van der Waals surface area contributed by atoms with Crippen LogP contribution >= 0.6 is 15.9 Å². The molecule has 0 amide bonds. The standard InChI is InChI=1S/C14H16BrNO2/c1-3-16-13(14-11(15)8-9-18-14)10-6-4-5-7-12(10)17-2/h4-9,13,16H,3H2,1-2H3. The van der Waals surface area contributed by atoms with E-state index >= 15 is 0 Å². The summed E-state index contributed by atoms with van der Waals surface area (Å²) in [5, 5.41) is 3.41. The topological polar surface area (TPSA) is 34.4 Å². The van der Waals surface area contributed by atoms with Crippen molar-refractivity contribution in [1.82, 2.24) is 5.32 Å². The predicted octanol–water partition coefficient (Wildman–Crippen LogP) is 3.75. The molecule has 0 spiro atoms. The monoisotopic (exact) mass is 309 g/mol. The number of para-hydroxylation sites is 1. The fraction of sp³-hybridized carbons (Fsp3) is 0.286. The van der Waals surface area contributed by atoms with E-state index in [0.717, 1.165) is 28.1 Å². The zero-order valence-electron chi connectivity index (χ0n) is 10.4. The van der Waals surface area contributed by atoms with Gasteiger partial charge in [-0.05, 0) is 34.6 Å². The molecule has 1 aromatic carbocycles. The van der Waals surface area contributed by atoms with Crippen LogP contribution in [-0.2, 0) is 0 Å².